The molecular formula is C9H10N2O2. The lowest BCUT2D eigenvalue weighted by molar-refractivity contribution is -0.105. The van der Waals surface area contributed by atoms with Gasteiger partial charge >= 0.3 is 0 Å². The summed E-state index contributed by atoms with van der Waals surface area (Å²) in [6.07, 6.45) is 0.590. The molecule has 0 aliphatic rings. The van der Waals surface area contributed by atoms with E-state index < -0.39 is 5.91 Å². The van der Waals surface area contributed by atoms with E-state index in [1.165, 1.54) is 0 Å². The number of hydrogen-bond donors (Lipinski definition) is 2. The maximum atomic E-state index is 10.8. The van der Waals surface area contributed by atoms with E-state index in [2.05, 4.69) is 5.32 Å². The minimum absolute atomic E-state index is 0.439. The van der Waals surface area contributed by atoms with Gasteiger partial charge in [0.1, 0.15) is 0 Å². The van der Waals surface area contributed by atoms with Crippen molar-refractivity contribution in [2.75, 3.05) is 5.32 Å². The number of amides is 2. The minimum atomic E-state index is -0.472. The number of nitrogens with one attached hydrogen (secondary N) is 1. The zero-order valence-electron chi connectivity index (χ0n) is 7.20. The molecule has 2 amide bonds. The number of anilines is 1. The second-order valence-corrected chi connectivity index (χ2v) is 2.66. The van der Waals surface area contributed by atoms with Gasteiger partial charge in [-0.15, -0.1) is 0 Å². The average Bonchev–Trinajstić information content (AvgIpc) is 2.08. The van der Waals surface area contributed by atoms with Crippen LogP contribution in [-0.4, -0.2) is 12.3 Å². The molecule has 4 heteroatoms. The molecule has 0 saturated carbocycles. The van der Waals surface area contributed by atoms with Crippen molar-refractivity contribution in [3.05, 3.63) is 29.3 Å². The number of carbonyl (C=O) groups is 2. The fourth-order valence-electron chi connectivity index (χ4n) is 1.04. The molecule has 0 fully saturated rings. The second-order valence-electron chi connectivity index (χ2n) is 2.66. The standard InChI is InChI=1S/C9H10N2O2/c1-6-4-7(9(10)13)2-3-8(6)11-5-12/h2-5H,1H3,(H2,10,13)(H,11,12). The number of aryl methyl sites for hydroxylation is 1. The Morgan fingerprint density at radius 3 is 2.69 bits per heavy atom. The first-order valence-electron chi connectivity index (χ1n) is 3.76. The Labute approximate surface area is 75.7 Å². The van der Waals surface area contributed by atoms with Gasteiger partial charge in [-0.05, 0) is 30.7 Å². The Morgan fingerprint density at radius 1 is 1.54 bits per heavy atom. The van der Waals surface area contributed by atoms with Crippen LogP contribution in [0.5, 0.6) is 0 Å². The van der Waals surface area contributed by atoms with Crippen molar-refractivity contribution in [2.45, 2.75) is 6.92 Å². The molecule has 0 heterocycles. The van der Waals surface area contributed by atoms with Crippen LogP contribution in [-0.2, 0) is 4.79 Å². The maximum Gasteiger partial charge on any atom is 0.248 e. The highest BCUT2D eigenvalue weighted by molar-refractivity contribution is 5.93. The van der Waals surface area contributed by atoms with Crippen LogP contribution >= 0.6 is 0 Å². The van der Waals surface area contributed by atoms with Crippen LogP contribution in [0.2, 0.25) is 0 Å². The summed E-state index contributed by atoms with van der Waals surface area (Å²) >= 11 is 0. The molecule has 3 N–H and O–H groups in total. The molecule has 0 aromatic heterocycles. The molecule has 1 aromatic rings. The van der Waals surface area contributed by atoms with Crippen LogP contribution in [0, 0.1) is 6.92 Å². The maximum absolute atomic E-state index is 10.8. The van der Waals surface area contributed by atoms with Gasteiger partial charge in [-0.1, -0.05) is 0 Å². The van der Waals surface area contributed by atoms with E-state index in [0.717, 1.165) is 5.56 Å². The van der Waals surface area contributed by atoms with Gasteiger partial charge in [-0.2, -0.15) is 0 Å². The smallest absolute Gasteiger partial charge is 0.248 e. The van der Waals surface area contributed by atoms with Gasteiger partial charge in [0.15, 0.2) is 0 Å². The van der Waals surface area contributed by atoms with Crippen molar-refractivity contribution in [1.82, 2.24) is 0 Å². The lowest BCUT2D eigenvalue weighted by Crippen LogP contribution is -2.11. The van der Waals surface area contributed by atoms with Crippen LogP contribution in [0.25, 0.3) is 0 Å². The third kappa shape index (κ3) is 2.05. The number of benzene rings is 1. The van der Waals surface area contributed by atoms with E-state index in [9.17, 15) is 9.59 Å². The van der Waals surface area contributed by atoms with Gasteiger partial charge < -0.3 is 11.1 Å². The number of primary amides is 1. The second kappa shape index (κ2) is 3.71. The summed E-state index contributed by atoms with van der Waals surface area (Å²) in [5, 5.41) is 2.51. The Kier molecular flexibility index (Phi) is 2.64. The fourth-order valence-corrected chi connectivity index (χ4v) is 1.04. The average molecular weight is 178 g/mol. The predicted molar refractivity (Wildman–Crippen MR) is 49.4 cm³/mol. The molecular weight excluding hydrogens is 168 g/mol. The zero-order valence-corrected chi connectivity index (χ0v) is 7.20. The highest BCUT2D eigenvalue weighted by Gasteiger charge is 2.02. The number of carbonyl (C=O) groups excluding carboxylic acids is 2. The van der Waals surface area contributed by atoms with Crippen molar-refractivity contribution >= 4 is 18.0 Å². The summed E-state index contributed by atoms with van der Waals surface area (Å²) in [6, 6.07) is 4.85. The van der Waals surface area contributed by atoms with Crippen LogP contribution in [0.15, 0.2) is 18.2 Å². The predicted octanol–water partition coefficient (Wildman–Crippen LogP) is 0.662. The zero-order chi connectivity index (χ0) is 9.84. The summed E-state index contributed by atoms with van der Waals surface area (Å²) in [5.74, 6) is -0.472. The SMILES string of the molecule is Cc1cc(C(N)=O)ccc1NC=O. The monoisotopic (exact) mass is 178 g/mol. The fraction of sp³-hybridized carbons (Fsp3) is 0.111. The topological polar surface area (TPSA) is 72.2 Å². The summed E-state index contributed by atoms with van der Waals surface area (Å²) < 4.78 is 0. The quantitative estimate of drug-likeness (QED) is 0.667. The third-order valence-corrected chi connectivity index (χ3v) is 1.73. The molecule has 0 spiro atoms. The number of hydrogen-bond acceptors (Lipinski definition) is 2. The first kappa shape index (κ1) is 9.25. The van der Waals surface area contributed by atoms with Crippen molar-refractivity contribution in [1.29, 1.82) is 0 Å². The van der Waals surface area contributed by atoms with Crippen LogP contribution < -0.4 is 11.1 Å². The first-order chi connectivity index (χ1) is 6.15. The normalized spacial score (nSPS) is 9.31. The summed E-state index contributed by atoms with van der Waals surface area (Å²) in [5.41, 5.74) is 7.01. The molecule has 68 valence electrons. The lowest BCUT2D eigenvalue weighted by atomic mass is 10.1. The van der Waals surface area contributed by atoms with E-state index in [1.807, 2.05) is 0 Å². The highest BCUT2D eigenvalue weighted by Crippen LogP contribution is 2.15. The molecule has 1 aromatic carbocycles. The minimum Gasteiger partial charge on any atom is -0.366 e. The molecule has 1 rings (SSSR count). The molecule has 0 bridgehead atoms. The highest BCUT2D eigenvalue weighted by atomic mass is 16.1. The van der Waals surface area contributed by atoms with Gasteiger partial charge in [0, 0.05) is 11.3 Å². The van der Waals surface area contributed by atoms with Crippen LogP contribution in [0.1, 0.15) is 15.9 Å². The Morgan fingerprint density at radius 2 is 2.23 bits per heavy atom. The molecule has 0 unspecified atom stereocenters. The van der Waals surface area contributed by atoms with Gasteiger partial charge in [0.25, 0.3) is 0 Å². The summed E-state index contributed by atoms with van der Waals surface area (Å²) in [7, 11) is 0. The number of nitrogens with two attached hydrogens (primary N) is 1. The Balaban J connectivity index is 3.04. The van der Waals surface area contributed by atoms with Crippen LogP contribution in [0.3, 0.4) is 0 Å². The first-order valence-corrected chi connectivity index (χ1v) is 3.76. The van der Waals surface area contributed by atoms with Gasteiger partial charge in [-0.3, -0.25) is 9.59 Å². The van der Waals surface area contributed by atoms with E-state index in [0.29, 0.717) is 17.7 Å². The molecule has 0 atom stereocenters. The lowest BCUT2D eigenvalue weighted by Gasteiger charge is -2.04. The van der Waals surface area contributed by atoms with E-state index in [4.69, 9.17) is 5.73 Å². The van der Waals surface area contributed by atoms with Crippen molar-refractivity contribution in [2.24, 2.45) is 5.73 Å². The van der Waals surface area contributed by atoms with E-state index in [1.54, 1.807) is 25.1 Å². The van der Waals surface area contributed by atoms with Crippen LogP contribution in [0.4, 0.5) is 5.69 Å². The van der Waals surface area contributed by atoms with E-state index >= 15 is 0 Å². The van der Waals surface area contributed by atoms with Crippen molar-refractivity contribution < 1.29 is 9.59 Å². The van der Waals surface area contributed by atoms with Gasteiger partial charge in [0.05, 0.1) is 0 Å². The largest absolute Gasteiger partial charge is 0.366 e. The number of rotatable bonds is 3. The molecule has 13 heavy (non-hydrogen) atoms. The summed E-state index contributed by atoms with van der Waals surface area (Å²) in [6.45, 7) is 1.79. The van der Waals surface area contributed by atoms with Gasteiger partial charge in [-0.25, -0.2) is 0 Å². The molecule has 0 aliphatic carbocycles. The molecule has 0 radical (unpaired) electrons. The van der Waals surface area contributed by atoms with Crippen molar-refractivity contribution in [3.63, 3.8) is 0 Å². The van der Waals surface area contributed by atoms with Gasteiger partial charge in [0.2, 0.25) is 12.3 Å². The van der Waals surface area contributed by atoms with E-state index in [-0.39, 0.29) is 0 Å². The Bertz CT molecular complexity index is 347. The van der Waals surface area contributed by atoms with Crippen molar-refractivity contribution in [3.8, 4) is 0 Å². The Hall–Kier alpha value is -1.84. The summed E-state index contributed by atoms with van der Waals surface area (Å²) in [4.78, 5) is 20.9. The third-order valence-electron chi connectivity index (χ3n) is 1.73. The molecule has 0 saturated heterocycles. The molecule has 4 nitrogen and oxygen atoms in total. The molecule has 0 aliphatic heterocycles.